The molecule has 0 saturated heterocycles. The van der Waals surface area contributed by atoms with Crippen LogP contribution in [-0.2, 0) is 0 Å². The van der Waals surface area contributed by atoms with Crippen LogP contribution < -0.4 is 0 Å². The summed E-state index contributed by atoms with van der Waals surface area (Å²) in [5.41, 5.74) is 0. The van der Waals surface area contributed by atoms with E-state index in [1.54, 1.807) is 0 Å². The summed E-state index contributed by atoms with van der Waals surface area (Å²) >= 11 is 10.7. The second-order valence-electron chi connectivity index (χ2n) is 2.16. The van der Waals surface area contributed by atoms with Gasteiger partial charge in [-0.05, 0) is 28.9 Å². The normalized spacial score (nSPS) is 12.5. The van der Waals surface area contributed by atoms with Crippen LogP contribution in [0.25, 0.3) is 0 Å². The zero-order chi connectivity index (χ0) is 8.43. The standard InChI is InChI=1S/C8H6BrClS/c1-3-5(2)7-4-6(9)8(10)11-7/h1,4-5H,2H3. The van der Waals surface area contributed by atoms with Crippen molar-refractivity contribution in [1.29, 1.82) is 0 Å². The largest absolute Gasteiger partial charge is 0.126 e. The third-order valence-electron chi connectivity index (χ3n) is 1.34. The Labute approximate surface area is 83.7 Å². The number of halogens is 2. The number of thiophene rings is 1. The Morgan fingerprint density at radius 3 is 2.82 bits per heavy atom. The van der Waals surface area contributed by atoms with Crippen molar-refractivity contribution in [1.82, 2.24) is 0 Å². The average Bonchev–Trinajstić information content (AvgIpc) is 2.31. The summed E-state index contributed by atoms with van der Waals surface area (Å²) < 4.78 is 1.70. The lowest BCUT2D eigenvalue weighted by Crippen LogP contribution is -1.81. The number of hydrogen-bond donors (Lipinski definition) is 0. The average molecular weight is 250 g/mol. The van der Waals surface area contributed by atoms with Gasteiger partial charge in [0.25, 0.3) is 0 Å². The van der Waals surface area contributed by atoms with Crippen LogP contribution in [0.5, 0.6) is 0 Å². The van der Waals surface area contributed by atoms with Crippen molar-refractivity contribution in [2.24, 2.45) is 0 Å². The van der Waals surface area contributed by atoms with E-state index in [1.807, 2.05) is 13.0 Å². The van der Waals surface area contributed by atoms with Crippen LogP contribution in [0.1, 0.15) is 17.7 Å². The van der Waals surface area contributed by atoms with E-state index in [0.717, 1.165) is 13.7 Å². The van der Waals surface area contributed by atoms with Gasteiger partial charge in [0.1, 0.15) is 4.34 Å². The van der Waals surface area contributed by atoms with Crippen molar-refractivity contribution in [3.8, 4) is 12.3 Å². The molecule has 0 aromatic carbocycles. The smallest absolute Gasteiger partial charge is 0.107 e. The molecule has 0 saturated carbocycles. The Morgan fingerprint density at radius 2 is 2.45 bits per heavy atom. The van der Waals surface area contributed by atoms with Crippen molar-refractivity contribution in [2.75, 3.05) is 0 Å². The molecule has 0 nitrogen and oxygen atoms in total. The Hall–Kier alpha value is 0.0300. The molecule has 3 heteroatoms. The Balaban J connectivity index is 2.99. The first kappa shape index (κ1) is 9.12. The summed E-state index contributed by atoms with van der Waals surface area (Å²) in [6, 6.07) is 1.97. The summed E-state index contributed by atoms with van der Waals surface area (Å²) in [4.78, 5) is 1.13. The topological polar surface area (TPSA) is 0 Å². The van der Waals surface area contributed by atoms with Crippen LogP contribution in [0.3, 0.4) is 0 Å². The molecular formula is C8H6BrClS. The van der Waals surface area contributed by atoms with Gasteiger partial charge in [-0.15, -0.1) is 17.8 Å². The van der Waals surface area contributed by atoms with Crippen molar-refractivity contribution in [2.45, 2.75) is 12.8 Å². The molecule has 0 fully saturated rings. The zero-order valence-electron chi connectivity index (χ0n) is 5.90. The number of rotatable bonds is 1. The second-order valence-corrected chi connectivity index (χ2v) is 4.70. The highest BCUT2D eigenvalue weighted by Crippen LogP contribution is 2.35. The van der Waals surface area contributed by atoms with E-state index in [2.05, 4.69) is 21.9 Å². The van der Waals surface area contributed by atoms with Crippen LogP contribution in [0, 0.1) is 12.3 Å². The van der Waals surface area contributed by atoms with E-state index < -0.39 is 0 Å². The molecule has 0 aliphatic heterocycles. The predicted molar refractivity (Wildman–Crippen MR) is 54.3 cm³/mol. The van der Waals surface area contributed by atoms with Gasteiger partial charge in [0, 0.05) is 9.35 Å². The van der Waals surface area contributed by atoms with E-state index in [4.69, 9.17) is 18.0 Å². The maximum absolute atomic E-state index is 5.83. The molecule has 1 rings (SSSR count). The van der Waals surface area contributed by atoms with Crippen molar-refractivity contribution in [3.63, 3.8) is 0 Å². The van der Waals surface area contributed by atoms with Crippen LogP contribution in [-0.4, -0.2) is 0 Å². The van der Waals surface area contributed by atoms with Crippen LogP contribution in [0.15, 0.2) is 10.5 Å². The molecule has 11 heavy (non-hydrogen) atoms. The molecule has 1 unspecified atom stereocenters. The van der Waals surface area contributed by atoms with Crippen LogP contribution >= 0.6 is 38.9 Å². The molecule has 58 valence electrons. The highest BCUT2D eigenvalue weighted by molar-refractivity contribution is 9.10. The van der Waals surface area contributed by atoms with Crippen molar-refractivity contribution < 1.29 is 0 Å². The maximum Gasteiger partial charge on any atom is 0.107 e. The van der Waals surface area contributed by atoms with Gasteiger partial charge >= 0.3 is 0 Å². The molecule has 0 N–H and O–H groups in total. The second kappa shape index (κ2) is 3.62. The lowest BCUT2D eigenvalue weighted by atomic mass is 10.1. The number of terminal acetylenes is 1. The summed E-state index contributed by atoms with van der Waals surface area (Å²) in [6.45, 7) is 1.98. The lowest BCUT2D eigenvalue weighted by molar-refractivity contribution is 1.04. The summed E-state index contributed by atoms with van der Waals surface area (Å²) in [5, 5.41) is 0. The predicted octanol–water partition coefficient (Wildman–Crippen LogP) is 3.90. The molecular weight excluding hydrogens is 244 g/mol. The fourth-order valence-corrected chi connectivity index (χ4v) is 2.41. The van der Waals surface area contributed by atoms with Gasteiger partial charge in [-0.3, -0.25) is 0 Å². The van der Waals surface area contributed by atoms with Gasteiger partial charge in [0.2, 0.25) is 0 Å². The van der Waals surface area contributed by atoms with Gasteiger partial charge in [-0.1, -0.05) is 17.5 Å². The molecule has 1 aromatic rings. The van der Waals surface area contributed by atoms with Gasteiger partial charge in [0.05, 0.1) is 5.92 Å². The third kappa shape index (κ3) is 1.99. The molecule has 0 amide bonds. The molecule has 0 aliphatic carbocycles. The fraction of sp³-hybridized carbons (Fsp3) is 0.250. The molecule has 0 spiro atoms. The SMILES string of the molecule is C#CC(C)c1cc(Br)c(Cl)s1. The minimum Gasteiger partial charge on any atom is -0.126 e. The highest BCUT2D eigenvalue weighted by Gasteiger charge is 2.08. The first-order valence-electron chi connectivity index (χ1n) is 3.06. The summed E-state index contributed by atoms with van der Waals surface area (Å²) in [5.74, 6) is 2.81. The van der Waals surface area contributed by atoms with E-state index >= 15 is 0 Å². The lowest BCUT2D eigenvalue weighted by Gasteiger charge is -1.95. The minimum absolute atomic E-state index is 0.156. The molecule has 1 aromatic heterocycles. The third-order valence-corrected chi connectivity index (χ3v) is 4.00. The van der Waals surface area contributed by atoms with Crippen molar-refractivity contribution in [3.05, 3.63) is 19.8 Å². The summed E-state index contributed by atoms with van der Waals surface area (Å²) in [6.07, 6.45) is 5.26. The molecule has 0 bridgehead atoms. The van der Waals surface area contributed by atoms with Gasteiger partial charge < -0.3 is 0 Å². The Bertz CT molecular complexity index is 278. The quantitative estimate of drug-likeness (QED) is 0.662. The van der Waals surface area contributed by atoms with Gasteiger partial charge in [-0.25, -0.2) is 0 Å². The maximum atomic E-state index is 5.83. The van der Waals surface area contributed by atoms with E-state index in [9.17, 15) is 0 Å². The van der Waals surface area contributed by atoms with Crippen LogP contribution in [0.2, 0.25) is 4.34 Å². The van der Waals surface area contributed by atoms with E-state index in [0.29, 0.717) is 0 Å². The molecule has 1 atom stereocenters. The van der Waals surface area contributed by atoms with Gasteiger partial charge in [-0.2, -0.15) is 0 Å². The number of hydrogen-bond acceptors (Lipinski definition) is 1. The van der Waals surface area contributed by atoms with Crippen molar-refractivity contribution >= 4 is 38.9 Å². The van der Waals surface area contributed by atoms with Crippen LogP contribution in [0.4, 0.5) is 0 Å². The minimum atomic E-state index is 0.156. The summed E-state index contributed by atoms with van der Waals surface area (Å²) in [7, 11) is 0. The van der Waals surface area contributed by atoms with E-state index in [1.165, 1.54) is 11.3 Å². The van der Waals surface area contributed by atoms with Gasteiger partial charge in [0.15, 0.2) is 0 Å². The zero-order valence-corrected chi connectivity index (χ0v) is 9.05. The highest BCUT2D eigenvalue weighted by atomic mass is 79.9. The monoisotopic (exact) mass is 248 g/mol. The fourth-order valence-electron chi connectivity index (χ4n) is 0.659. The Kier molecular flexibility index (Phi) is 3.00. The first-order chi connectivity index (χ1) is 5.15. The van der Waals surface area contributed by atoms with E-state index in [-0.39, 0.29) is 5.92 Å². The Morgan fingerprint density at radius 1 is 1.82 bits per heavy atom. The molecule has 0 aliphatic rings. The first-order valence-corrected chi connectivity index (χ1v) is 5.04. The molecule has 0 radical (unpaired) electrons. The molecule has 1 heterocycles.